The van der Waals surface area contributed by atoms with Gasteiger partial charge < -0.3 is 4.74 Å². The number of hydrogen-bond acceptors (Lipinski definition) is 2. The molecule has 0 spiro atoms. The summed E-state index contributed by atoms with van der Waals surface area (Å²) >= 11 is 0. The third-order valence-electron chi connectivity index (χ3n) is 2.58. The second kappa shape index (κ2) is 4.44. The Balaban J connectivity index is 2.46. The number of carbonyl (C=O) groups excluding carboxylic acids is 1. The van der Waals surface area contributed by atoms with E-state index >= 15 is 0 Å². The first kappa shape index (κ1) is 12.0. The molecule has 92 valence electrons. The van der Waals surface area contributed by atoms with E-state index in [4.69, 9.17) is 4.74 Å². The molecule has 1 aliphatic rings. The Kier molecular flexibility index (Phi) is 3.15. The third-order valence-corrected chi connectivity index (χ3v) is 2.58. The van der Waals surface area contributed by atoms with Gasteiger partial charge in [-0.05, 0) is 0 Å². The number of benzene rings is 1. The fraction of sp³-hybridized carbons (Fsp3) is 0.364. The van der Waals surface area contributed by atoms with Crippen molar-refractivity contribution in [3.05, 3.63) is 34.9 Å². The zero-order valence-electron chi connectivity index (χ0n) is 8.60. The van der Waals surface area contributed by atoms with E-state index in [1.807, 2.05) is 0 Å². The number of Topliss-reactive ketones (excluding diaryl/α,β-unsaturated/α-hetero) is 1. The van der Waals surface area contributed by atoms with Gasteiger partial charge in [0.05, 0.1) is 18.3 Å². The quantitative estimate of drug-likeness (QED) is 0.564. The molecule has 1 unspecified atom stereocenters. The molecule has 17 heavy (non-hydrogen) atoms. The standard InChI is InChI=1S/C11H8F4O2/c12-6-4-7(13)11(15)9(10(6)14)8-3-5(16)1-2-17-8/h4,8H,1-3H2. The number of halogens is 4. The minimum Gasteiger partial charge on any atom is -0.372 e. The summed E-state index contributed by atoms with van der Waals surface area (Å²) in [4.78, 5) is 11.1. The molecule has 1 aromatic carbocycles. The van der Waals surface area contributed by atoms with Crippen LogP contribution in [0.3, 0.4) is 0 Å². The summed E-state index contributed by atoms with van der Waals surface area (Å²) in [5, 5.41) is 0. The summed E-state index contributed by atoms with van der Waals surface area (Å²) in [5.74, 6) is -6.28. The van der Waals surface area contributed by atoms with E-state index in [2.05, 4.69) is 0 Å². The SMILES string of the molecule is O=C1CCOC(c2c(F)c(F)cc(F)c2F)C1. The molecule has 0 aliphatic carbocycles. The number of carbonyl (C=O) groups is 1. The van der Waals surface area contributed by atoms with E-state index in [1.165, 1.54) is 0 Å². The van der Waals surface area contributed by atoms with Gasteiger partial charge in [-0.1, -0.05) is 0 Å². The molecule has 0 amide bonds. The number of rotatable bonds is 1. The van der Waals surface area contributed by atoms with Gasteiger partial charge in [0.25, 0.3) is 0 Å². The fourth-order valence-corrected chi connectivity index (χ4v) is 1.74. The average molecular weight is 248 g/mol. The molecule has 1 heterocycles. The maximum Gasteiger partial charge on any atom is 0.167 e. The Morgan fingerprint density at radius 3 is 2.24 bits per heavy atom. The maximum absolute atomic E-state index is 13.4. The average Bonchev–Trinajstić information content (AvgIpc) is 2.27. The van der Waals surface area contributed by atoms with E-state index < -0.39 is 34.9 Å². The van der Waals surface area contributed by atoms with E-state index in [0.717, 1.165) is 0 Å². The van der Waals surface area contributed by atoms with Crippen LogP contribution in [0.1, 0.15) is 24.5 Å². The highest BCUT2D eigenvalue weighted by atomic mass is 19.2. The predicted octanol–water partition coefficient (Wildman–Crippen LogP) is 2.66. The Morgan fingerprint density at radius 2 is 1.71 bits per heavy atom. The molecule has 1 atom stereocenters. The molecule has 2 rings (SSSR count). The van der Waals surface area contributed by atoms with E-state index in [0.29, 0.717) is 0 Å². The molecule has 0 aromatic heterocycles. The first-order chi connectivity index (χ1) is 8.00. The van der Waals surface area contributed by atoms with Gasteiger partial charge in [0.1, 0.15) is 5.78 Å². The third kappa shape index (κ3) is 2.17. The van der Waals surface area contributed by atoms with E-state index in [1.54, 1.807) is 0 Å². The molecule has 1 aromatic rings. The Labute approximate surface area is 94.2 Å². The molecule has 1 aliphatic heterocycles. The minimum atomic E-state index is -1.51. The highest BCUT2D eigenvalue weighted by Crippen LogP contribution is 2.32. The van der Waals surface area contributed by atoms with Crippen LogP contribution in [0, 0.1) is 23.3 Å². The summed E-state index contributed by atoms with van der Waals surface area (Å²) in [7, 11) is 0. The number of ketones is 1. The summed E-state index contributed by atoms with van der Waals surface area (Å²) in [6.45, 7) is -0.0134. The molecule has 0 radical (unpaired) electrons. The van der Waals surface area contributed by atoms with Gasteiger partial charge in [-0.3, -0.25) is 4.79 Å². The second-order valence-corrected chi connectivity index (χ2v) is 3.73. The van der Waals surface area contributed by atoms with Crippen molar-refractivity contribution in [2.75, 3.05) is 6.61 Å². The van der Waals surface area contributed by atoms with Crippen LogP contribution < -0.4 is 0 Å². The van der Waals surface area contributed by atoms with Crippen LogP contribution in [0.2, 0.25) is 0 Å². The Bertz CT molecular complexity index is 447. The summed E-state index contributed by atoms with van der Waals surface area (Å²) in [6.07, 6.45) is -1.41. The van der Waals surface area contributed by atoms with Crippen LogP contribution in [-0.2, 0) is 9.53 Å². The molecule has 6 heteroatoms. The fourth-order valence-electron chi connectivity index (χ4n) is 1.74. The van der Waals surface area contributed by atoms with Crippen LogP contribution in [0.4, 0.5) is 17.6 Å². The molecule has 1 fully saturated rings. The van der Waals surface area contributed by atoms with Crippen molar-refractivity contribution in [1.82, 2.24) is 0 Å². The molecule has 0 N–H and O–H groups in total. The Hall–Kier alpha value is -1.43. The lowest BCUT2D eigenvalue weighted by atomic mass is 9.99. The van der Waals surface area contributed by atoms with Gasteiger partial charge in [-0.2, -0.15) is 0 Å². The zero-order chi connectivity index (χ0) is 12.6. The van der Waals surface area contributed by atoms with Crippen molar-refractivity contribution in [3.8, 4) is 0 Å². The largest absolute Gasteiger partial charge is 0.372 e. The molecular formula is C11H8F4O2. The van der Waals surface area contributed by atoms with Gasteiger partial charge in [-0.25, -0.2) is 17.6 Å². The lowest BCUT2D eigenvalue weighted by Crippen LogP contribution is -2.22. The molecule has 0 saturated carbocycles. The lowest BCUT2D eigenvalue weighted by molar-refractivity contribution is -0.128. The van der Waals surface area contributed by atoms with Crippen LogP contribution in [-0.4, -0.2) is 12.4 Å². The smallest absolute Gasteiger partial charge is 0.167 e. The van der Waals surface area contributed by atoms with Crippen LogP contribution in [0.15, 0.2) is 6.07 Å². The van der Waals surface area contributed by atoms with Crippen LogP contribution in [0.25, 0.3) is 0 Å². The molecule has 2 nitrogen and oxygen atoms in total. The lowest BCUT2D eigenvalue weighted by Gasteiger charge is -2.23. The van der Waals surface area contributed by atoms with Crippen LogP contribution >= 0.6 is 0 Å². The van der Waals surface area contributed by atoms with Crippen molar-refractivity contribution < 1.29 is 27.1 Å². The minimum absolute atomic E-state index is 0.0134. The molecule has 0 bridgehead atoms. The van der Waals surface area contributed by atoms with Crippen molar-refractivity contribution in [2.45, 2.75) is 18.9 Å². The van der Waals surface area contributed by atoms with Crippen molar-refractivity contribution in [1.29, 1.82) is 0 Å². The maximum atomic E-state index is 13.4. The first-order valence-electron chi connectivity index (χ1n) is 4.97. The number of ether oxygens (including phenoxy) is 1. The second-order valence-electron chi connectivity index (χ2n) is 3.73. The molecule has 1 saturated heterocycles. The summed E-state index contributed by atoms with van der Waals surface area (Å²) in [6, 6.07) is 0.124. The van der Waals surface area contributed by atoms with E-state index in [9.17, 15) is 22.4 Å². The number of hydrogen-bond donors (Lipinski definition) is 0. The summed E-state index contributed by atoms with van der Waals surface area (Å²) in [5.41, 5.74) is -0.851. The Morgan fingerprint density at radius 1 is 1.12 bits per heavy atom. The van der Waals surface area contributed by atoms with Gasteiger partial charge in [0.2, 0.25) is 0 Å². The van der Waals surface area contributed by atoms with Gasteiger partial charge in [0.15, 0.2) is 23.3 Å². The van der Waals surface area contributed by atoms with Gasteiger partial charge in [0, 0.05) is 18.9 Å². The van der Waals surface area contributed by atoms with Crippen molar-refractivity contribution >= 4 is 5.78 Å². The topological polar surface area (TPSA) is 26.3 Å². The van der Waals surface area contributed by atoms with Crippen molar-refractivity contribution in [3.63, 3.8) is 0 Å². The van der Waals surface area contributed by atoms with Crippen molar-refractivity contribution in [2.24, 2.45) is 0 Å². The first-order valence-corrected chi connectivity index (χ1v) is 4.97. The van der Waals surface area contributed by atoms with E-state index in [-0.39, 0.29) is 31.3 Å². The monoisotopic (exact) mass is 248 g/mol. The highest BCUT2D eigenvalue weighted by molar-refractivity contribution is 5.79. The normalized spacial score (nSPS) is 20.7. The zero-order valence-corrected chi connectivity index (χ0v) is 8.60. The molecular weight excluding hydrogens is 240 g/mol. The van der Waals surface area contributed by atoms with Gasteiger partial charge >= 0.3 is 0 Å². The van der Waals surface area contributed by atoms with Gasteiger partial charge in [-0.15, -0.1) is 0 Å². The predicted molar refractivity (Wildman–Crippen MR) is 49.2 cm³/mol. The summed E-state index contributed by atoms with van der Waals surface area (Å²) < 4.78 is 57.6. The van der Waals surface area contributed by atoms with Crippen LogP contribution in [0.5, 0.6) is 0 Å². The highest BCUT2D eigenvalue weighted by Gasteiger charge is 2.30.